The second-order valence-electron chi connectivity index (χ2n) is 8.49. The van der Waals surface area contributed by atoms with Crippen molar-refractivity contribution in [3.63, 3.8) is 0 Å². The summed E-state index contributed by atoms with van der Waals surface area (Å²) in [4.78, 5) is 29.3. The van der Waals surface area contributed by atoms with Gasteiger partial charge in [0.1, 0.15) is 6.10 Å². The predicted molar refractivity (Wildman–Crippen MR) is 107 cm³/mol. The van der Waals surface area contributed by atoms with Gasteiger partial charge in [0, 0.05) is 38.3 Å². The lowest BCUT2D eigenvalue weighted by Gasteiger charge is -2.24. The van der Waals surface area contributed by atoms with E-state index in [1.165, 1.54) is 0 Å². The number of benzene rings is 1. The third-order valence-corrected chi connectivity index (χ3v) is 5.50. The minimum Gasteiger partial charge on any atom is -0.390 e. The van der Waals surface area contributed by atoms with Gasteiger partial charge in [-0.1, -0.05) is 12.1 Å². The lowest BCUT2D eigenvalue weighted by molar-refractivity contribution is -0.140. The lowest BCUT2D eigenvalue weighted by Crippen LogP contribution is -2.41. The van der Waals surface area contributed by atoms with E-state index < -0.39 is 5.60 Å². The van der Waals surface area contributed by atoms with Crippen LogP contribution in [0.3, 0.4) is 0 Å². The molecule has 0 spiro atoms. The van der Waals surface area contributed by atoms with Crippen LogP contribution >= 0.6 is 0 Å². The number of aliphatic hydroxyl groups is 1. The van der Waals surface area contributed by atoms with E-state index in [0.717, 1.165) is 31.2 Å². The Balaban J connectivity index is 1.59. The van der Waals surface area contributed by atoms with E-state index in [2.05, 4.69) is 0 Å². The summed E-state index contributed by atoms with van der Waals surface area (Å²) in [6.45, 7) is 6.69. The highest BCUT2D eigenvalue weighted by Crippen LogP contribution is 2.18. The standard InChI is InChI=1S/C22H32N2O4/c1-22(2,27)10-9-17-6-3-7-18(16-17)20(25)23-11-5-12-24(14-13-23)21(26)19-8-4-15-28-19/h3,6-7,16,19,27H,4-5,8-15H2,1-2H3/t19-/m0/s1. The normalized spacial score (nSPS) is 20.9. The fourth-order valence-corrected chi connectivity index (χ4v) is 3.81. The summed E-state index contributed by atoms with van der Waals surface area (Å²) < 4.78 is 5.52. The van der Waals surface area contributed by atoms with Gasteiger partial charge < -0.3 is 19.6 Å². The van der Waals surface area contributed by atoms with E-state index in [-0.39, 0.29) is 17.9 Å². The molecule has 0 radical (unpaired) electrons. The first-order valence-electron chi connectivity index (χ1n) is 10.3. The smallest absolute Gasteiger partial charge is 0.253 e. The van der Waals surface area contributed by atoms with E-state index in [0.29, 0.717) is 44.8 Å². The highest BCUT2D eigenvalue weighted by atomic mass is 16.5. The Bertz CT molecular complexity index is 692. The molecule has 2 saturated heterocycles. The van der Waals surface area contributed by atoms with Crippen molar-refractivity contribution in [3.8, 4) is 0 Å². The largest absolute Gasteiger partial charge is 0.390 e. The molecule has 2 heterocycles. The summed E-state index contributed by atoms with van der Waals surface area (Å²) in [6.07, 6.45) is 3.61. The Hall–Kier alpha value is -1.92. The highest BCUT2D eigenvalue weighted by Gasteiger charge is 2.30. The van der Waals surface area contributed by atoms with Crippen molar-refractivity contribution >= 4 is 11.8 Å². The molecule has 6 heteroatoms. The minimum atomic E-state index is -0.718. The minimum absolute atomic E-state index is 0.0107. The Labute approximate surface area is 167 Å². The Morgan fingerprint density at radius 2 is 1.89 bits per heavy atom. The number of hydrogen-bond donors (Lipinski definition) is 1. The zero-order valence-corrected chi connectivity index (χ0v) is 17.0. The first-order valence-corrected chi connectivity index (χ1v) is 10.3. The summed E-state index contributed by atoms with van der Waals surface area (Å²) >= 11 is 0. The number of hydrogen-bond acceptors (Lipinski definition) is 4. The van der Waals surface area contributed by atoms with Gasteiger partial charge in [-0.15, -0.1) is 0 Å². The number of aryl methyl sites for hydroxylation is 1. The third-order valence-electron chi connectivity index (χ3n) is 5.50. The van der Waals surface area contributed by atoms with E-state index in [4.69, 9.17) is 4.74 Å². The Morgan fingerprint density at radius 3 is 2.61 bits per heavy atom. The zero-order chi connectivity index (χ0) is 20.1. The van der Waals surface area contributed by atoms with Crippen LogP contribution in [0.4, 0.5) is 0 Å². The van der Waals surface area contributed by atoms with E-state index >= 15 is 0 Å². The molecule has 0 aliphatic carbocycles. The van der Waals surface area contributed by atoms with Crippen LogP contribution in [-0.4, -0.2) is 71.2 Å². The van der Waals surface area contributed by atoms with Crippen molar-refractivity contribution in [2.24, 2.45) is 0 Å². The molecule has 28 heavy (non-hydrogen) atoms. The molecular weight excluding hydrogens is 356 g/mol. The zero-order valence-electron chi connectivity index (χ0n) is 17.0. The number of carbonyl (C=O) groups is 2. The van der Waals surface area contributed by atoms with Gasteiger partial charge in [0.2, 0.25) is 0 Å². The fraction of sp³-hybridized carbons (Fsp3) is 0.636. The molecule has 1 N–H and O–H groups in total. The fourth-order valence-electron chi connectivity index (χ4n) is 3.81. The highest BCUT2D eigenvalue weighted by molar-refractivity contribution is 5.94. The molecule has 154 valence electrons. The van der Waals surface area contributed by atoms with Crippen LogP contribution in [0.5, 0.6) is 0 Å². The van der Waals surface area contributed by atoms with Crippen LogP contribution in [0.15, 0.2) is 24.3 Å². The van der Waals surface area contributed by atoms with Gasteiger partial charge in [0.15, 0.2) is 0 Å². The van der Waals surface area contributed by atoms with Crippen LogP contribution in [0.2, 0.25) is 0 Å². The van der Waals surface area contributed by atoms with Crippen LogP contribution in [0, 0.1) is 0 Å². The van der Waals surface area contributed by atoms with Crippen LogP contribution in [0.25, 0.3) is 0 Å². The molecule has 2 aliphatic rings. The van der Waals surface area contributed by atoms with E-state index in [1.807, 2.05) is 34.1 Å². The van der Waals surface area contributed by atoms with Crippen molar-refractivity contribution < 1.29 is 19.4 Å². The lowest BCUT2D eigenvalue weighted by atomic mass is 9.97. The van der Waals surface area contributed by atoms with Gasteiger partial charge in [-0.2, -0.15) is 0 Å². The molecule has 6 nitrogen and oxygen atoms in total. The number of carbonyl (C=O) groups excluding carboxylic acids is 2. The summed E-state index contributed by atoms with van der Waals surface area (Å²) in [7, 11) is 0. The number of nitrogens with zero attached hydrogens (tertiary/aromatic N) is 2. The molecule has 2 fully saturated rings. The molecule has 0 bridgehead atoms. The van der Waals surface area contributed by atoms with E-state index in [9.17, 15) is 14.7 Å². The number of rotatable bonds is 5. The molecule has 0 saturated carbocycles. The maximum atomic E-state index is 13.0. The van der Waals surface area contributed by atoms with Gasteiger partial charge >= 0.3 is 0 Å². The molecule has 1 aromatic rings. The third kappa shape index (κ3) is 5.55. The molecule has 2 amide bonds. The molecule has 1 aromatic carbocycles. The van der Waals surface area contributed by atoms with Crippen molar-refractivity contribution in [1.29, 1.82) is 0 Å². The van der Waals surface area contributed by atoms with Crippen molar-refractivity contribution in [1.82, 2.24) is 9.80 Å². The topological polar surface area (TPSA) is 70.1 Å². The average Bonchev–Trinajstić information content (AvgIpc) is 3.09. The summed E-state index contributed by atoms with van der Waals surface area (Å²) in [5.41, 5.74) is 1.01. The molecular formula is C22H32N2O4. The van der Waals surface area contributed by atoms with Crippen LogP contribution < -0.4 is 0 Å². The summed E-state index contributed by atoms with van der Waals surface area (Å²) in [5, 5.41) is 9.92. The van der Waals surface area contributed by atoms with Crippen molar-refractivity contribution in [2.45, 2.75) is 57.7 Å². The summed E-state index contributed by atoms with van der Waals surface area (Å²) in [5.74, 6) is 0.0805. The first kappa shape index (κ1) is 20.8. The van der Waals surface area contributed by atoms with Crippen LogP contribution in [-0.2, 0) is 16.0 Å². The Kier molecular flexibility index (Phi) is 6.73. The van der Waals surface area contributed by atoms with Gasteiger partial charge in [-0.25, -0.2) is 0 Å². The Morgan fingerprint density at radius 1 is 1.14 bits per heavy atom. The van der Waals surface area contributed by atoms with Crippen molar-refractivity contribution in [2.75, 3.05) is 32.8 Å². The summed E-state index contributed by atoms with van der Waals surface area (Å²) in [6, 6.07) is 7.66. The van der Waals surface area contributed by atoms with Gasteiger partial charge in [-0.05, 0) is 63.6 Å². The quantitative estimate of drug-likeness (QED) is 0.840. The monoisotopic (exact) mass is 388 g/mol. The van der Waals surface area contributed by atoms with Gasteiger partial charge in [-0.3, -0.25) is 9.59 Å². The van der Waals surface area contributed by atoms with Crippen LogP contribution in [0.1, 0.15) is 55.5 Å². The van der Waals surface area contributed by atoms with Gasteiger partial charge in [0.25, 0.3) is 11.8 Å². The molecule has 0 aromatic heterocycles. The number of amides is 2. The molecule has 2 aliphatic heterocycles. The second-order valence-corrected chi connectivity index (χ2v) is 8.49. The second kappa shape index (κ2) is 9.05. The molecule has 3 rings (SSSR count). The first-order chi connectivity index (χ1) is 13.3. The maximum absolute atomic E-state index is 13.0. The average molecular weight is 389 g/mol. The van der Waals surface area contributed by atoms with E-state index in [1.54, 1.807) is 13.8 Å². The predicted octanol–water partition coefficient (Wildman–Crippen LogP) is 2.24. The van der Waals surface area contributed by atoms with Gasteiger partial charge in [0.05, 0.1) is 5.60 Å². The number of ether oxygens (including phenoxy) is 1. The molecule has 1 atom stereocenters. The SMILES string of the molecule is CC(C)(O)CCc1cccc(C(=O)N2CCCN(C(=O)[C@@H]3CCCO3)CC2)c1. The molecule has 0 unspecified atom stereocenters. The van der Waals surface area contributed by atoms with Crippen molar-refractivity contribution in [3.05, 3.63) is 35.4 Å². The maximum Gasteiger partial charge on any atom is 0.253 e.